The molecule has 1 aromatic heterocycles. The van der Waals surface area contributed by atoms with Crippen molar-refractivity contribution < 1.29 is 9.21 Å². The topological polar surface area (TPSA) is 54.3 Å². The predicted octanol–water partition coefficient (Wildman–Crippen LogP) is 3.28. The number of hydrogen-bond acceptors (Lipinski definition) is 3. The Labute approximate surface area is 123 Å². The summed E-state index contributed by atoms with van der Waals surface area (Å²) in [6.45, 7) is 4.50. The van der Waals surface area contributed by atoms with Crippen molar-refractivity contribution in [1.29, 1.82) is 0 Å². The number of halogens is 1. The lowest BCUT2D eigenvalue weighted by molar-refractivity contribution is -0.119. The molecule has 1 aromatic carbocycles. The van der Waals surface area contributed by atoms with Crippen molar-refractivity contribution in [3.8, 4) is 0 Å². The minimum Gasteiger partial charge on any atom is -0.467 e. The standard InChI is InChI=1S/C15H17ClN2O2/c1-10-6-11(2)15(13(16)7-10)18-9-14(19)17-8-12-4-3-5-20-12/h3-7,18H,8-9H2,1-2H3,(H,17,19). The molecule has 20 heavy (non-hydrogen) atoms. The molecule has 0 bridgehead atoms. The highest BCUT2D eigenvalue weighted by atomic mass is 35.5. The molecule has 2 N–H and O–H groups in total. The van der Waals surface area contributed by atoms with Crippen LogP contribution in [0.1, 0.15) is 16.9 Å². The van der Waals surface area contributed by atoms with Gasteiger partial charge in [0.1, 0.15) is 5.76 Å². The number of amides is 1. The van der Waals surface area contributed by atoms with E-state index >= 15 is 0 Å². The molecule has 0 aliphatic heterocycles. The first-order valence-corrected chi connectivity index (χ1v) is 6.74. The van der Waals surface area contributed by atoms with Gasteiger partial charge in [0.05, 0.1) is 30.1 Å². The van der Waals surface area contributed by atoms with E-state index in [-0.39, 0.29) is 12.5 Å². The van der Waals surface area contributed by atoms with Gasteiger partial charge in [-0.25, -0.2) is 0 Å². The molecule has 0 aliphatic carbocycles. The molecule has 1 heterocycles. The fourth-order valence-corrected chi connectivity index (χ4v) is 2.36. The molecule has 4 nitrogen and oxygen atoms in total. The normalized spacial score (nSPS) is 10.3. The van der Waals surface area contributed by atoms with Crippen molar-refractivity contribution in [3.05, 3.63) is 52.4 Å². The van der Waals surface area contributed by atoms with E-state index in [9.17, 15) is 4.79 Å². The summed E-state index contributed by atoms with van der Waals surface area (Å²) >= 11 is 6.17. The lowest BCUT2D eigenvalue weighted by Crippen LogP contribution is -2.29. The molecular weight excluding hydrogens is 276 g/mol. The number of anilines is 1. The molecule has 0 saturated heterocycles. The summed E-state index contributed by atoms with van der Waals surface area (Å²) in [5.74, 6) is 0.611. The number of rotatable bonds is 5. The van der Waals surface area contributed by atoms with Crippen LogP contribution in [0.4, 0.5) is 5.69 Å². The Morgan fingerprint density at radius 2 is 2.15 bits per heavy atom. The van der Waals surface area contributed by atoms with Gasteiger partial charge in [-0.15, -0.1) is 0 Å². The maximum atomic E-state index is 11.7. The van der Waals surface area contributed by atoms with Crippen molar-refractivity contribution in [2.75, 3.05) is 11.9 Å². The Morgan fingerprint density at radius 1 is 1.35 bits per heavy atom. The SMILES string of the molecule is Cc1cc(C)c(NCC(=O)NCc2ccco2)c(Cl)c1. The van der Waals surface area contributed by atoms with Gasteiger partial charge in [0.15, 0.2) is 0 Å². The van der Waals surface area contributed by atoms with Gasteiger partial charge in [-0.05, 0) is 43.2 Å². The second-order valence-electron chi connectivity index (χ2n) is 4.65. The largest absolute Gasteiger partial charge is 0.467 e. The number of furan rings is 1. The van der Waals surface area contributed by atoms with Crippen LogP contribution in [0.5, 0.6) is 0 Å². The van der Waals surface area contributed by atoms with Crippen LogP contribution in [-0.2, 0) is 11.3 Å². The third kappa shape index (κ3) is 3.78. The highest BCUT2D eigenvalue weighted by Crippen LogP contribution is 2.26. The Kier molecular flexibility index (Phi) is 4.69. The van der Waals surface area contributed by atoms with E-state index < -0.39 is 0 Å². The van der Waals surface area contributed by atoms with E-state index in [0.717, 1.165) is 22.6 Å². The highest BCUT2D eigenvalue weighted by molar-refractivity contribution is 6.33. The molecule has 2 aromatic rings. The van der Waals surface area contributed by atoms with E-state index in [1.165, 1.54) is 0 Å². The van der Waals surface area contributed by atoms with E-state index in [2.05, 4.69) is 10.6 Å². The molecule has 1 amide bonds. The van der Waals surface area contributed by atoms with Crippen LogP contribution in [-0.4, -0.2) is 12.5 Å². The predicted molar refractivity (Wildman–Crippen MR) is 80.0 cm³/mol. The lowest BCUT2D eigenvalue weighted by atomic mass is 10.1. The molecule has 5 heteroatoms. The summed E-state index contributed by atoms with van der Waals surface area (Å²) < 4.78 is 5.14. The summed E-state index contributed by atoms with van der Waals surface area (Å²) in [7, 11) is 0. The summed E-state index contributed by atoms with van der Waals surface area (Å²) in [4.78, 5) is 11.7. The minimum atomic E-state index is -0.113. The van der Waals surface area contributed by atoms with Gasteiger partial charge < -0.3 is 15.1 Å². The van der Waals surface area contributed by atoms with Gasteiger partial charge in [0, 0.05) is 0 Å². The first kappa shape index (κ1) is 14.5. The van der Waals surface area contributed by atoms with E-state index in [0.29, 0.717) is 11.6 Å². The molecule has 2 rings (SSSR count). The van der Waals surface area contributed by atoms with Crippen LogP contribution in [0.25, 0.3) is 0 Å². The molecule has 0 unspecified atom stereocenters. The van der Waals surface area contributed by atoms with E-state index in [1.807, 2.05) is 32.0 Å². The third-order valence-electron chi connectivity index (χ3n) is 2.90. The summed E-state index contributed by atoms with van der Waals surface area (Å²) in [6.07, 6.45) is 1.58. The van der Waals surface area contributed by atoms with Crippen molar-refractivity contribution in [3.63, 3.8) is 0 Å². The zero-order valence-electron chi connectivity index (χ0n) is 11.5. The molecule has 0 aliphatic rings. The van der Waals surface area contributed by atoms with Crippen molar-refractivity contribution in [2.24, 2.45) is 0 Å². The number of nitrogens with one attached hydrogen (secondary N) is 2. The Hall–Kier alpha value is -1.94. The van der Waals surface area contributed by atoms with Crippen LogP contribution in [0, 0.1) is 13.8 Å². The van der Waals surface area contributed by atoms with Crippen LogP contribution in [0.15, 0.2) is 34.9 Å². The van der Waals surface area contributed by atoms with Gasteiger partial charge in [-0.3, -0.25) is 4.79 Å². The zero-order valence-corrected chi connectivity index (χ0v) is 12.3. The highest BCUT2D eigenvalue weighted by Gasteiger charge is 2.07. The summed E-state index contributed by atoms with van der Waals surface area (Å²) in [5.41, 5.74) is 2.92. The Bertz CT molecular complexity index is 571. The maximum Gasteiger partial charge on any atom is 0.239 e. The van der Waals surface area contributed by atoms with Gasteiger partial charge in [-0.2, -0.15) is 0 Å². The zero-order chi connectivity index (χ0) is 14.5. The molecule has 0 fully saturated rings. The smallest absolute Gasteiger partial charge is 0.239 e. The quantitative estimate of drug-likeness (QED) is 0.889. The fourth-order valence-electron chi connectivity index (χ4n) is 1.97. The second kappa shape index (κ2) is 6.48. The van der Waals surface area contributed by atoms with Gasteiger partial charge in [0.2, 0.25) is 5.91 Å². The van der Waals surface area contributed by atoms with Crippen molar-refractivity contribution in [1.82, 2.24) is 5.32 Å². The second-order valence-corrected chi connectivity index (χ2v) is 5.06. The Balaban J connectivity index is 1.87. The van der Waals surface area contributed by atoms with Crippen LogP contribution in [0.3, 0.4) is 0 Å². The summed E-state index contributed by atoms with van der Waals surface area (Å²) in [5, 5.41) is 6.46. The first-order valence-electron chi connectivity index (χ1n) is 6.36. The molecule has 0 radical (unpaired) electrons. The van der Waals surface area contributed by atoms with Crippen LogP contribution < -0.4 is 10.6 Å². The number of aryl methyl sites for hydroxylation is 2. The van der Waals surface area contributed by atoms with Gasteiger partial charge >= 0.3 is 0 Å². The summed E-state index contributed by atoms with van der Waals surface area (Å²) in [6, 6.07) is 7.50. The number of hydrogen-bond donors (Lipinski definition) is 2. The monoisotopic (exact) mass is 292 g/mol. The van der Waals surface area contributed by atoms with Gasteiger partial charge in [0.25, 0.3) is 0 Å². The molecule has 0 atom stereocenters. The molecule has 0 spiro atoms. The van der Waals surface area contributed by atoms with E-state index in [4.69, 9.17) is 16.0 Å². The van der Waals surface area contributed by atoms with Crippen molar-refractivity contribution >= 4 is 23.2 Å². The fraction of sp³-hybridized carbons (Fsp3) is 0.267. The van der Waals surface area contributed by atoms with E-state index in [1.54, 1.807) is 12.3 Å². The van der Waals surface area contributed by atoms with Crippen molar-refractivity contribution in [2.45, 2.75) is 20.4 Å². The number of benzene rings is 1. The minimum absolute atomic E-state index is 0.113. The molecular formula is C15H17ClN2O2. The van der Waals surface area contributed by atoms with Crippen LogP contribution in [0.2, 0.25) is 5.02 Å². The van der Waals surface area contributed by atoms with Crippen LogP contribution >= 0.6 is 11.6 Å². The average molecular weight is 293 g/mol. The average Bonchev–Trinajstić information content (AvgIpc) is 2.88. The van der Waals surface area contributed by atoms with Gasteiger partial charge in [-0.1, -0.05) is 17.7 Å². The lowest BCUT2D eigenvalue weighted by Gasteiger charge is -2.12. The third-order valence-corrected chi connectivity index (χ3v) is 3.20. The molecule has 0 saturated carbocycles. The molecule has 106 valence electrons. The number of carbonyl (C=O) groups is 1. The first-order chi connectivity index (χ1) is 9.56. The Morgan fingerprint density at radius 3 is 2.80 bits per heavy atom. The number of carbonyl (C=O) groups excluding carboxylic acids is 1. The maximum absolute atomic E-state index is 11.7.